The Labute approximate surface area is 172 Å². The van der Waals surface area contributed by atoms with E-state index in [9.17, 15) is 14.9 Å². The Balaban J connectivity index is 1.68. The normalized spacial score (nSPS) is 12.8. The number of anilines is 1. The zero-order valence-corrected chi connectivity index (χ0v) is 17.0. The second-order valence-corrected chi connectivity index (χ2v) is 7.84. The van der Waals surface area contributed by atoms with Crippen LogP contribution in [0.25, 0.3) is 0 Å². The van der Waals surface area contributed by atoms with E-state index in [0.717, 1.165) is 16.0 Å². The Morgan fingerprint density at radius 3 is 2.89 bits per heavy atom. The smallest absolute Gasteiger partial charge is 0.410 e. The Hall–Kier alpha value is -2.56. The molecule has 1 aromatic heterocycles. The Morgan fingerprint density at radius 2 is 2.18 bits per heavy atom. The molecule has 2 amide bonds. The molecule has 0 spiro atoms. The molecule has 146 valence electrons. The van der Waals surface area contributed by atoms with E-state index < -0.39 is 0 Å². The predicted molar refractivity (Wildman–Crippen MR) is 109 cm³/mol. The summed E-state index contributed by atoms with van der Waals surface area (Å²) in [6.45, 7) is 2.98. The van der Waals surface area contributed by atoms with Crippen LogP contribution in [-0.4, -0.2) is 30.1 Å². The highest BCUT2D eigenvalue weighted by atomic mass is 35.5. The molecule has 2 heterocycles. The molecule has 1 aliphatic heterocycles. The van der Waals surface area contributed by atoms with Crippen molar-refractivity contribution in [3.8, 4) is 6.07 Å². The van der Waals surface area contributed by atoms with Crippen molar-refractivity contribution in [2.75, 3.05) is 18.5 Å². The number of thiophene rings is 1. The van der Waals surface area contributed by atoms with E-state index in [1.807, 2.05) is 18.2 Å². The summed E-state index contributed by atoms with van der Waals surface area (Å²) in [6.07, 6.45) is 1.01. The molecule has 0 unspecified atom stereocenters. The third-order valence-corrected chi connectivity index (χ3v) is 6.03. The third-order valence-electron chi connectivity index (χ3n) is 4.53. The average molecular weight is 418 g/mol. The van der Waals surface area contributed by atoms with Gasteiger partial charge < -0.3 is 15.0 Å². The van der Waals surface area contributed by atoms with Crippen molar-refractivity contribution in [1.29, 1.82) is 5.26 Å². The van der Waals surface area contributed by atoms with Crippen LogP contribution in [0.15, 0.2) is 24.3 Å². The Bertz CT molecular complexity index is 935. The monoisotopic (exact) mass is 417 g/mol. The van der Waals surface area contributed by atoms with Crippen LogP contribution in [0.4, 0.5) is 9.80 Å². The molecule has 3 rings (SSSR count). The van der Waals surface area contributed by atoms with Gasteiger partial charge in [-0.05, 0) is 37.0 Å². The molecule has 0 radical (unpaired) electrons. The first kappa shape index (κ1) is 20.2. The lowest BCUT2D eigenvalue weighted by Gasteiger charge is -2.25. The molecule has 0 bridgehead atoms. The number of amides is 2. The van der Waals surface area contributed by atoms with Crippen molar-refractivity contribution in [2.24, 2.45) is 0 Å². The number of nitrogens with zero attached hydrogens (tertiary/aromatic N) is 2. The fraction of sp³-hybridized carbons (Fsp3) is 0.350. The van der Waals surface area contributed by atoms with Crippen molar-refractivity contribution in [3.63, 3.8) is 0 Å². The molecule has 0 saturated heterocycles. The summed E-state index contributed by atoms with van der Waals surface area (Å²) < 4.78 is 5.05. The first-order valence-electron chi connectivity index (χ1n) is 9.03. The van der Waals surface area contributed by atoms with Crippen LogP contribution >= 0.6 is 22.9 Å². The first-order chi connectivity index (χ1) is 13.5. The number of ether oxygens (including phenoxy) is 1. The number of carbonyl (C=O) groups excluding carboxylic acids is 2. The summed E-state index contributed by atoms with van der Waals surface area (Å²) in [6, 6.07) is 9.62. The minimum Gasteiger partial charge on any atom is -0.450 e. The highest BCUT2D eigenvalue weighted by molar-refractivity contribution is 7.16. The number of fused-ring (bicyclic) bond motifs is 1. The van der Waals surface area contributed by atoms with Gasteiger partial charge in [0, 0.05) is 22.9 Å². The minimum atomic E-state index is -0.356. The summed E-state index contributed by atoms with van der Waals surface area (Å²) in [5.74, 6) is -0.169. The summed E-state index contributed by atoms with van der Waals surface area (Å²) in [7, 11) is 0. The number of benzene rings is 1. The van der Waals surface area contributed by atoms with Crippen LogP contribution in [-0.2, 0) is 28.9 Å². The Morgan fingerprint density at radius 1 is 1.39 bits per heavy atom. The molecule has 6 nitrogen and oxygen atoms in total. The molecule has 2 aromatic rings. The molecule has 28 heavy (non-hydrogen) atoms. The van der Waals surface area contributed by atoms with Crippen molar-refractivity contribution < 1.29 is 14.3 Å². The van der Waals surface area contributed by atoms with E-state index in [1.165, 1.54) is 11.3 Å². The zero-order valence-electron chi connectivity index (χ0n) is 15.5. The van der Waals surface area contributed by atoms with Crippen molar-refractivity contribution >= 4 is 39.9 Å². The maximum absolute atomic E-state index is 12.4. The van der Waals surface area contributed by atoms with Crippen molar-refractivity contribution in [2.45, 2.75) is 32.7 Å². The van der Waals surface area contributed by atoms with Gasteiger partial charge in [-0.2, -0.15) is 5.26 Å². The van der Waals surface area contributed by atoms with Gasteiger partial charge in [-0.25, -0.2) is 4.79 Å². The van der Waals surface area contributed by atoms with Crippen LogP contribution in [0.5, 0.6) is 0 Å². The number of nitriles is 1. The minimum absolute atomic E-state index is 0.169. The number of aryl methyl sites for hydroxylation is 1. The van der Waals surface area contributed by atoms with E-state index in [-0.39, 0.29) is 18.4 Å². The lowest BCUT2D eigenvalue weighted by Crippen LogP contribution is -2.35. The number of nitrogens with one attached hydrogen (secondary N) is 1. The van der Waals surface area contributed by atoms with E-state index >= 15 is 0 Å². The van der Waals surface area contributed by atoms with Crippen LogP contribution in [0, 0.1) is 11.3 Å². The second kappa shape index (κ2) is 9.09. The van der Waals surface area contributed by atoms with E-state index in [2.05, 4.69) is 11.4 Å². The van der Waals surface area contributed by atoms with Gasteiger partial charge in [0.25, 0.3) is 0 Å². The number of hydrogen-bond acceptors (Lipinski definition) is 5. The number of carbonyl (C=O) groups is 2. The predicted octanol–water partition coefficient (Wildman–Crippen LogP) is 4.36. The van der Waals surface area contributed by atoms with Gasteiger partial charge in [0.1, 0.15) is 11.1 Å². The van der Waals surface area contributed by atoms with Crippen molar-refractivity contribution in [3.05, 3.63) is 50.9 Å². The summed E-state index contributed by atoms with van der Waals surface area (Å²) >= 11 is 7.48. The molecule has 0 saturated carbocycles. The molecule has 1 aliphatic rings. The third kappa shape index (κ3) is 4.46. The molecule has 8 heteroatoms. The van der Waals surface area contributed by atoms with Gasteiger partial charge in [0.05, 0.1) is 18.7 Å². The van der Waals surface area contributed by atoms with E-state index in [1.54, 1.807) is 17.9 Å². The first-order valence-corrected chi connectivity index (χ1v) is 10.2. The molecule has 0 fully saturated rings. The van der Waals surface area contributed by atoms with Gasteiger partial charge >= 0.3 is 6.09 Å². The lowest BCUT2D eigenvalue weighted by atomic mass is 10.0. The number of halogens is 1. The Kier molecular flexibility index (Phi) is 6.55. The molecule has 1 N–H and O–H groups in total. The van der Waals surface area contributed by atoms with Gasteiger partial charge in [0.2, 0.25) is 5.91 Å². The largest absolute Gasteiger partial charge is 0.450 e. The quantitative estimate of drug-likeness (QED) is 0.783. The summed E-state index contributed by atoms with van der Waals surface area (Å²) in [5.41, 5.74) is 2.32. The topological polar surface area (TPSA) is 82.4 Å². The van der Waals surface area contributed by atoms with Crippen molar-refractivity contribution in [1.82, 2.24) is 4.90 Å². The molecule has 0 atom stereocenters. The molecular formula is C20H20ClN3O3S. The van der Waals surface area contributed by atoms with Gasteiger partial charge in [0.15, 0.2) is 0 Å². The van der Waals surface area contributed by atoms with E-state index in [0.29, 0.717) is 48.1 Å². The fourth-order valence-electron chi connectivity index (χ4n) is 3.12. The maximum atomic E-state index is 12.4. The highest BCUT2D eigenvalue weighted by Gasteiger charge is 2.28. The van der Waals surface area contributed by atoms with Gasteiger partial charge in [-0.15, -0.1) is 11.3 Å². The molecule has 1 aromatic carbocycles. The van der Waals surface area contributed by atoms with Gasteiger partial charge in [-0.3, -0.25) is 4.79 Å². The van der Waals surface area contributed by atoms with Crippen LogP contribution in [0.3, 0.4) is 0 Å². The lowest BCUT2D eigenvalue weighted by molar-refractivity contribution is -0.116. The summed E-state index contributed by atoms with van der Waals surface area (Å²) in [4.78, 5) is 26.9. The van der Waals surface area contributed by atoms with Crippen LogP contribution < -0.4 is 5.32 Å². The number of hydrogen-bond donors (Lipinski definition) is 1. The van der Waals surface area contributed by atoms with Gasteiger partial charge in [-0.1, -0.05) is 29.8 Å². The fourth-order valence-corrected chi connectivity index (χ4v) is 4.58. The second-order valence-electron chi connectivity index (χ2n) is 6.33. The van der Waals surface area contributed by atoms with Crippen LogP contribution in [0.1, 0.15) is 34.9 Å². The molecule has 0 aliphatic carbocycles. The van der Waals surface area contributed by atoms with Crippen LogP contribution in [0.2, 0.25) is 5.02 Å². The summed E-state index contributed by atoms with van der Waals surface area (Å²) in [5, 5.41) is 13.6. The van der Waals surface area contributed by atoms with E-state index in [4.69, 9.17) is 16.3 Å². The number of rotatable bonds is 5. The standard InChI is InChI=1S/C20H20ClN3O3S/c1-2-27-20(26)24-10-9-14-15(11-22)19(28-17(14)12-24)23-18(25)8-7-13-5-3-4-6-16(13)21/h3-6H,2,7-10,12H2,1H3,(H,23,25). The highest BCUT2D eigenvalue weighted by Crippen LogP contribution is 2.37. The average Bonchev–Trinajstić information content (AvgIpc) is 3.03. The maximum Gasteiger partial charge on any atom is 0.410 e. The molecular weight excluding hydrogens is 398 g/mol. The zero-order chi connectivity index (χ0) is 20.1. The SMILES string of the molecule is CCOC(=O)N1CCc2c(sc(NC(=O)CCc3ccccc3Cl)c2C#N)C1.